The molecule has 136 valence electrons. The monoisotopic (exact) mass is 332 g/mol. The molecule has 2 N–H and O–H groups in total. The molecule has 2 aliphatic heterocycles. The van der Waals surface area contributed by atoms with Crippen molar-refractivity contribution >= 4 is 0 Å². The summed E-state index contributed by atoms with van der Waals surface area (Å²) in [6.45, 7) is 9.68. The summed E-state index contributed by atoms with van der Waals surface area (Å²) in [7, 11) is 1.57. The number of rotatable bonds is 4. The van der Waals surface area contributed by atoms with Crippen LogP contribution in [-0.2, 0) is 18.9 Å². The Labute approximate surface area is 139 Å². The SMILES string of the molecule is CO[C@@H]1C[C@H](O[C@H]2[C@H](C)OC(C(C)C)C[C@]2(C)O)O[C@H](C)[C@H]1O. The molecule has 0 aromatic heterocycles. The van der Waals surface area contributed by atoms with Crippen molar-refractivity contribution in [3.63, 3.8) is 0 Å². The molecule has 8 atom stereocenters. The minimum Gasteiger partial charge on any atom is -0.388 e. The second-order valence-corrected chi connectivity index (χ2v) is 7.51. The molecule has 0 aromatic rings. The average Bonchev–Trinajstić information content (AvgIpc) is 2.45. The molecule has 2 saturated heterocycles. The lowest BCUT2D eigenvalue weighted by Gasteiger charge is -2.48. The lowest BCUT2D eigenvalue weighted by Crippen LogP contribution is -2.59. The first-order chi connectivity index (χ1) is 10.7. The van der Waals surface area contributed by atoms with E-state index in [1.807, 2.05) is 6.92 Å². The fourth-order valence-electron chi connectivity index (χ4n) is 3.57. The Morgan fingerprint density at radius 3 is 2.35 bits per heavy atom. The molecule has 0 amide bonds. The molecule has 1 unspecified atom stereocenters. The lowest BCUT2D eigenvalue weighted by atomic mass is 9.83. The quantitative estimate of drug-likeness (QED) is 0.812. The Balaban J connectivity index is 2.04. The van der Waals surface area contributed by atoms with Gasteiger partial charge in [0.2, 0.25) is 0 Å². The molecular weight excluding hydrogens is 300 g/mol. The van der Waals surface area contributed by atoms with Crippen LogP contribution in [0.2, 0.25) is 0 Å². The zero-order chi connectivity index (χ0) is 17.4. The standard InChI is InChI=1S/C17H32O6/c1-9(2)13-8-17(5,19)16(11(4)21-13)23-14-7-12(20-6)15(18)10(3)22-14/h9-16,18-19H,7-8H2,1-6H3/t10-,11+,12-,13?,14+,15-,16+,17+/m1/s1. The molecule has 0 bridgehead atoms. The van der Waals surface area contributed by atoms with Gasteiger partial charge < -0.3 is 29.2 Å². The number of ether oxygens (including phenoxy) is 4. The van der Waals surface area contributed by atoms with Crippen LogP contribution in [0.3, 0.4) is 0 Å². The molecule has 0 spiro atoms. The first-order valence-corrected chi connectivity index (χ1v) is 8.55. The smallest absolute Gasteiger partial charge is 0.161 e. The van der Waals surface area contributed by atoms with Gasteiger partial charge in [0.05, 0.1) is 30.0 Å². The van der Waals surface area contributed by atoms with Gasteiger partial charge in [-0.25, -0.2) is 0 Å². The van der Waals surface area contributed by atoms with Gasteiger partial charge in [-0.05, 0) is 26.7 Å². The molecule has 6 nitrogen and oxygen atoms in total. The van der Waals surface area contributed by atoms with Crippen molar-refractivity contribution in [2.45, 2.75) is 96.0 Å². The molecule has 2 heterocycles. The molecule has 2 aliphatic rings. The third kappa shape index (κ3) is 4.24. The Kier molecular flexibility index (Phi) is 6.09. The first kappa shape index (κ1) is 19.1. The third-order valence-electron chi connectivity index (χ3n) is 5.04. The van der Waals surface area contributed by atoms with Gasteiger partial charge in [-0.3, -0.25) is 0 Å². The number of methoxy groups -OCH3 is 1. The summed E-state index contributed by atoms with van der Waals surface area (Å²) in [6.07, 6.45) is -1.68. The highest BCUT2D eigenvalue weighted by atomic mass is 16.7. The maximum Gasteiger partial charge on any atom is 0.161 e. The number of hydrogen-bond donors (Lipinski definition) is 2. The van der Waals surface area contributed by atoms with Crippen LogP contribution in [-0.4, -0.2) is 65.8 Å². The van der Waals surface area contributed by atoms with Crippen molar-refractivity contribution in [3.8, 4) is 0 Å². The van der Waals surface area contributed by atoms with Gasteiger partial charge in [0, 0.05) is 20.0 Å². The van der Waals surface area contributed by atoms with Crippen molar-refractivity contribution in [1.82, 2.24) is 0 Å². The zero-order valence-corrected chi connectivity index (χ0v) is 15.1. The largest absolute Gasteiger partial charge is 0.388 e. The Hall–Kier alpha value is -0.240. The van der Waals surface area contributed by atoms with E-state index in [0.717, 1.165) is 0 Å². The fraction of sp³-hybridized carbons (Fsp3) is 1.00. The maximum absolute atomic E-state index is 10.9. The normalized spacial score (nSPS) is 48.7. The predicted molar refractivity (Wildman–Crippen MR) is 85.0 cm³/mol. The van der Waals surface area contributed by atoms with E-state index >= 15 is 0 Å². The highest BCUT2D eigenvalue weighted by Crippen LogP contribution is 2.36. The zero-order valence-electron chi connectivity index (χ0n) is 15.1. The van der Waals surface area contributed by atoms with Crippen LogP contribution < -0.4 is 0 Å². The molecule has 0 aliphatic carbocycles. The van der Waals surface area contributed by atoms with E-state index in [1.54, 1.807) is 21.0 Å². The van der Waals surface area contributed by atoms with Gasteiger partial charge in [0.25, 0.3) is 0 Å². The van der Waals surface area contributed by atoms with Gasteiger partial charge >= 0.3 is 0 Å². The van der Waals surface area contributed by atoms with Crippen LogP contribution >= 0.6 is 0 Å². The van der Waals surface area contributed by atoms with Crippen LogP contribution in [0.25, 0.3) is 0 Å². The third-order valence-corrected chi connectivity index (χ3v) is 5.04. The molecule has 0 aromatic carbocycles. The molecule has 0 radical (unpaired) electrons. The number of hydrogen-bond acceptors (Lipinski definition) is 6. The summed E-state index contributed by atoms with van der Waals surface area (Å²) in [5.74, 6) is 0.337. The van der Waals surface area contributed by atoms with Crippen LogP contribution in [0.5, 0.6) is 0 Å². The summed E-state index contributed by atoms with van der Waals surface area (Å²) < 4.78 is 23.1. The van der Waals surface area contributed by atoms with Crippen LogP contribution in [0.15, 0.2) is 0 Å². The fourth-order valence-corrected chi connectivity index (χ4v) is 3.57. The predicted octanol–water partition coefficient (Wildman–Crippen LogP) is 1.47. The molecule has 0 saturated carbocycles. The second kappa shape index (κ2) is 7.33. The van der Waals surface area contributed by atoms with E-state index in [9.17, 15) is 10.2 Å². The van der Waals surface area contributed by atoms with E-state index in [2.05, 4.69) is 13.8 Å². The molecule has 23 heavy (non-hydrogen) atoms. The van der Waals surface area contributed by atoms with E-state index < -0.39 is 24.1 Å². The van der Waals surface area contributed by atoms with E-state index in [0.29, 0.717) is 18.8 Å². The summed E-state index contributed by atoms with van der Waals surface area (Å²) in [5.41, 5.74) is -0.988. The van der Waals surface area contributed by atoms with Crippen molar-refractivity contribution in [2.75, 3.05) is 7.11 Å². The lowest BCUT2D eigenvalue weighted by molar-refractivity contribution is -0.312. The Morgan fingerprint density at radius 1 is 1.17 bits per heavy atom. The highest BCUT2D eigenvalue weighted by molar-refractivity contribution is 4.96. The summed E-state index contributed by atoms with van der Waals surface area (Å²) in [4.78, 5) is 0. The van der Waals surface area contributed by atoms with E-state index in [1.165, 1.54) is 0 Å². The summed E-state index contributed by atoms with van der Waals surface area (Å²) in [5, 5.41) is 20.9. The van der Waals surface area contributed by atoms with Gasteiger partial charge in [-0.15, -0.1) is 0 Å². The van der Waals surface area contributed by atoms with Gasteiger partial charge in [-0.1, -0.05) is 13.8 Å². The summed E-state index contributed by atoms with van der Waals surface area (Å²) >= 11 is 0. The average molecular weight is 332 g/mol. The van der Waals surface area contributed by atoms with E-state index in [-0.39, 0.29) is 24.4 Å². The topological polar surface area (TPSA) is 77.4 Å². The first-order valence-electron chi connectivity index (χ1n) is 8.55. The van der Waals surface area contributed by atoms with Crippen LogP contribution in [0.4, 0.5) is 0 Å². The second-order valence-electron chi connectivity index (χ2n) is 7.51. The van der Waals surface area contributed by atoms with Crippen LogP contribution in [0.1, 0.15) is 47.5 Å². The van der Waals surface area contributed by atoms with Gasteiger partial charge in [-0.2, -0.15) is 0 Å². The van der Waals surface area contributed by atoms with Crippen molar-refractivity contribution in [3.05, 3.63) is 0 Å². The summed E-state index contributed by atoms with van der Waals surface area (Å²) in [6, 6.07) is 0. The molecule has 6 heteroatoms. The van der Waals surface area contributed by atoms with Crippen molar-refractivity contribution < 1.29 is 29.2 Å². The Morgan fingerprint density at radius 2 is 1.83 bits per heavy atom. The minimum absolute atomic E-state index is 0.0135. The number of aliphatic hydroxyl groups excluding tert-OH is 1. The van der Waals surface area contributed by atoms with Crippen molar-refractivity contribution in [2.24, 2.45) is 5.92 Å². The Bertz CT molecular complexity index is 385. The van der Waals surface area contributed by atoms with E-state index in [4.69, 9.17) is 18.9 Å². The molecular formula is C17H32O6. The molecule has 2 rings (SSSR count). The molecule has 2 fully saturated rings. The van der Waals surface area contributed by atoms with Gasteiger partial charge in [0.1, 0.15) is 12.2 Å². The van der Waals surface area contributed by atoms with Gasteiger partial charge in [0.15, 0.2) is 6.29 Å². The number of aliphatic hydroxyl groups is 2. The van der Waals surface area contributed by atoms with Crippen LogP contribution in [0, 0.1) is 5.92 Å². The minimum atomic E-state index is -0.988. The maximum atomic E-state index is 10.9. The van der Waals surface area contributed by atoms with Crippen molar-refractivity contribution in [1.29, 1.82) is 0 Å². The highest BCUT2D eigenvalue weighted by Gasteiger charge is 2.48.